The highest BCUT2D eigenvalue weighted by Gasteiger charge is 2.23. The van der Waals surface area contributed by atoms with Crippen LogP contribution in [0.5, 0.6) is 5.75 Å². The Morgan fingerprint density at radius 2 is 1.96 bits per heavy atom. The third kappa shape index (κ3) is 3.50. The SMILES string of the molecule is COc1ccc(C(=O)c2c[nH]n(C)c2=O)c(Br)c1N=S1(=O)CCCCC1. The van der Waals surface area contributed by atoms with Crippen LogP contribution in [0.1, 0.15) is 35.2 Å². The van der Waals surface area contributed by atoms with E-state index < -0.39 is 21.1 Å². The lowest BCUT2D eigenvalue weighted by Crippen LogP contribution is -2.19. The smallest absolute Gasteiger partial charge is 0.277 e. The second-order valence-electron chi connectivity index (χ2n) is 6.19. The molecule has 1 fully saturated rings. The number of benzene rings is 1. The van der Waals surface area contributed by atoms with Gasteiger partial charge in [-0.15, -0.1) is 0 Å². The predicted octanol–water partition coefficient (Wildman–Crippen LogP) is 3.00. The molecule has 1 aliphatic heterocycles. The fraction of sp³-hybridized carbons (Fsp3) is 0.412. The lowest BCUT2D eigenvalue weighted by Gasteiger charge is -2.17. The van der Waals surface area contributed by atoms with E-state index in [0.717, 1.165) is 19.3 Å². The molecule has 2 aromatic rings. The number of hydrogen-bond acceptors (Lipinski definition) is 5. The van der Waals surface area contributed by atoms with E-state index >= 15 is 0 Å². The van der Waals surface area contributed by atoms with Gasteiger partial charge in [0.25, 0.3) is 5.56 Å². The third-order valence-electron chi connectivity index (χ3n) is 4.41. The molecular weight excluding hydrogens is 422 g/mol. The van der Waals surface area contributed by atoms with E-state index in [9.17, 15) is 13.8 Å². The first-order valence-corrected chi connectivity index (χ1v) is 10.9. The van der Waals surface area contributed by atoms with Gasteiger partial charge in [-0.2, -0.15) is 4.36 Å². The van der Waals surface area contributed by atoms with Gasteiger partial charge in [-0.25, -0.2) is 4.21 Å². The maximum absolute atomic E-state index is 13.0. The molecule has 7 nitrogen and oxygen atoms in total. The Morgan fingerprint density at radius 3 is 2.54 bits per heavy atom. The summed E-state index contributed by atoms with van der Waals surface area (Å²) >= 11 is 3.41. The summed E-state index contributed by atoms with van der Waals surface area (Å²) in [4.78, 5) is 24.9. The molecule has 0 spiro atoms. The second kappa shape index (κ2) is 7.40. The normalized spacial score (nSPS) is 16.3. The summed E-state index contributed by atoms with van der Waals surface area (Å²) in [6.45, 7) is 0. The largest absolute Gasteiger partial charge is 0.494 e. The van der Waals surface area contributed by atoms with E-state index in [1.807, 2.05) is 0 Å². The van der Waals surface area contributed by atoms with Crippen LogP contribution >= 0.6 is 15.9 Å². The summed E-state index contributed by atoms with van der Waals surface area (Å²) in [6.07, 6.45) is 4.18. The minimum atomic E-state index is -2.38. The number of rotatable bonds is 4. The number of carbonyl (C=O) groups is 1. The highest BCUT2D eigenvalue weighted by Crippen LogP contribution is 2.40. The first-order valence-electron chi connectivity index (χ1n) is 8.24. The van der Waals surface area contributed by atoms with Crippen molar-refractivity contribution in [3.05, 3.63) is 44.3 Å². The van der Waals surface area contributed by atoms with Crippen LogP contribution in [-0.2, 0) is 16.8 Å². The van der Waals surface area contributed by atoms with Crippen LogP contribution in [0.3, 0.4) is 0 Å². The first kappa shape index (κ1) is 18.9. The van der Waals surface area contributed by atoms with Crippen molar-refractivity contribution < 1.29 is 13.7 Å². The molecule has 140 valence electrons. The fourth-order valence-corrected chi connectivity index (χ4v) is 5.86. The molecule has 0 atom stereocenters. The van der Waals surface area contributed by atoms with Crippen molar-refractivity contribution in [2.24, 2.45) is 11.4 Å². The van der Waals surface area contributed by atoms with Gasteiger partial charge in [0.05, 0.1) is 21.3 Å². The number of aromatic nitrogens is 2. The quantitative estimate of drug-likeness (QED) is 0.737. The number of carbonyl (C=O) groups excluding carboxylic acids is 1. The Bertz CT molecular complexity index is 1020. The number of ether oxygens (including phenoxy) is 1. The molecule has 0 aliphatic carbocycles. The minimum absolute atomic E-state index is 0.0335. The average molecular weight is 442 g/mol. The van der Waals surface area contributed by atoms with Gasteiger partial charge in [-0.3, -0.25) is 14.3 Å². The molecule has 1 aromatic carbocycles. The summed E-state index contributed by atoms with van der Waals surface area (Å²) in [5.41, 5.74) is 0.262. The van der Waals surface area contributed by atoms with Crippen molar-refractivity contribution in [3.63, 3.8) is 0 Å². The molecule has 9 heteroatoms. The van der Waals surface area contributed by atoms with E-state index in [0.29, 0.717) is 27.4 Å². The first-order chi connectivity index (χ1) is 12.4. The number of hydrogen-bond donors (Lipinski definition) is 1. The molecule has 1 aromatic heterocycles. The Hall–Kier alpha value is -1.87. The molecule has 0 bridgehead atoms. The lowest BCUT2D eigenvalue weighted by molar-refractivity contribution is 0.103. The van der Waals surface area contributed by atoms with E-state index in [1.54, 1.807) is 12.1 Å². The number of H-pyrrole nitrogens is 1. The maximum Gasteiger partial charge on any atom is 0.277 e. The number of nitrogens with zero attached hydrogens (tertiary/aromatic N) is 2. The standard InChI is InChI=1S/C17H20BrN3O4S/c1-21-17(23)12(10-19-21)16(22)11-6-7-13(25-2)15(14(11)18)20-26(24)8-4-3-5-9-26/h6-7,10,19H,3-5,8-9H2,1-2H3. The molecular formula is C17H20BrN3O4S. The van der Waals surface area contributed by atoms with Crippen molar-refractivity contribution in [2.75, 3.05) is 18.6 Å². The van der Waals surface area contributed by atoms with Crippen LogP contribution in [0.4, 0.5) is 5.69 Å². The van der Waals surface area contributed by atoms with Gasteiger partial charge in [0.15, 0.2) is 0 Å². The number of nitrogens with one attached hydrogen (secondary N) is 1. The number of methoxy groups -OCH3 is 1. The molecule has 0 saturated carbocycles. The van der Waals surface area contributed by atoms with Gasteiger partial charge in [0, 0.05) is 30.3 Å². The van der Waals surface area contributed by atoms with E-state index in [-0.39, 0.29) is 11.1 Å². The van der Waals surface area contributed by atoms with Crippen LogP contribution in [-0.4, -0.2) is 38.4 Å². The maximum atomic E-state index is 13.0. The molecule has 3 rings (SSSR count). The Labute approximate surface area is 160 Å². The molecule has 26 heavy (non-hydrogen) atoms. The Balaban J connectivity index is 2.14. The molecule has 1 saturated heterocycles. The van der Waals surface area contributed by atoms with Gasteiger partial charge in [0.2, 0.25) is 5.78 Å². The van der Waals surface area contributed by atoms with Crippen LogP contribution < -0.4 is 10.3 Å². The Morgan fingerprint density at radius 1 is 1.27 bits per heavy atom. The number of ketones is 1. The Kier molecular flexibility index (Phi) is 5.38. The van der Waals surface area contributed by atoms with E-state index in [2.05, 4.69) is 25.4 Å². The van der Waals surface area contributed by atoms with Gasteiger partial charge in [-0.05, 0) is 40.9 Å². The fourth-order valence-electron chi connectivity index (χ4n) is 2.93. The van der Waals surface area contributed by atoms with Crippen molar-refractivity contribution in [1.82, 2.24) is 9.78 Å². The molecule has 0 radical (unpaired) electrons. The molecule has 0 amide bonds. The highest BCUT2D eigenvalue weighted by atomic mass is 79.9. The van der Waals surface area contributed by atoms with E-state index in [1.165, 1.54) is 25.0 Å². The summed E-state index contributed by atoms with van der Waals surface area (Å²) in [5, 5.41) is 2.69. The van der Waals surface area contributed by atoms with E-state index in [4.69, 9.17) is 4.74 Å². The van der Waals surface area contributed by atoms with Gasteiger partial charge in [-0.1, -0.05) is 6.42 Å². The monoisotopic (exact) mass is 441 g/mol. The molecule has 2 heterocycles. The second-order valence-corrected chi connectivity index (χ2v) is 9.53. The topological polar surface area (TPSA) is 93.5 Å². The van der Waals surface area contributed by atoms with Crippen molar-refractivity contribution in [3.8, 4) is 5.75 Å². The zero-order valence-corrected chi connectivity index (χ0v) is 17.0. The summed E-state index contributed by atoms with van der Waals surface area (Å²) < 4.78 is 24.5. The highest BCUT2D eigenvalue weighted by molar-refractivity contribution is 9.10. The van der Waals surface area contributed by atoms with Crippen molar-refractivity contribution in [2.45, 2.75) is 19.3 Å². The molecule has 0 unspecified atom stereocenters. The summed E-state index contributed by atoms with van der Waals surface area (Å²) in [5.74, 6) is 1.08. The van der Waals surface area contributed by atoms with Crippen LogP contribution in [0.15, 0.2) is 32.0 Å². The van der Waals surface area contributed by atoms with Crippen LogP contribution in [0.25, 0.3) is 0 Å². The number of aryl methyl sites for hydroxylation is 1. The van der Waals surface area contributed by atoms with Crippen molar-refractivity contribution in [1.29, 1.82) is 0 Å². The predicted molar refractivity (Wildman–Crippen MR) is 104 cm³/mol. The lowest BCUT2D eigenvalue weighted by atomic mass is 10.1. The molecule has 1 aliphatic rings. The van der Waals surface area contributed by atoms with Gasteiger partial charge >= 0.3 is 0 Å². The van der Waals surface area contributed by atoms with Gasteiger partial charge in [0.1, 0.15) is 17.0 Å². The average Bonchev–Trinajstić information content (AvgIpc) is 2.96. The van der Waals surface area contributed by atoms with Crippen LogP contribution in [0.2, 0.25) is 0 Å². The number of halogens is 1. The zero-order valence-electron chi connectivity index (χ0n) is 14.6. The number of aromatic amines is 1. The van der Waals surface area contributed by atoms with Crippen molar-refractivity contribution >= 4 is 37.1 Å². The minimum Gasteiger partial charge on any atom is -0.494 e. The summed E-state index contributed by atoms with van der Waals surface area (Å²) in [7, 11) is 0.658. The van der Waals surface area contributed by atoms with Crippen LogP contribution in [0, 0.1) is 0 Å². The molecule has 1 N–H and O–H groups in total. The zero-order chi connectivity index (χ0) is 18.9. The summed E-state index contributed by atoms with van der Waals surface area (Å²) in [6, 6.07) is 3.18. The third-order valence-corrected chi connectivity index (χ3v) is 7.58. The van der Waals surface area contributed by atoms with Gasteiger partial charge < -0.3 is 9.84 Å².